The molecule has 2 heterocycles. The average molecular weight is 360 g/mol. The smallest absolute Gasteiger partial charge is 0.226 e. The highest BCUT2D eigenvalue weighted by atomic mass is 32.2. The maximum atomic E-state index is 12.9. The Labute approximate surface area is 146 Å². The first-order valence-corrected chi connectivity index (χ1v) is 11.0. The number of likely N-dealkylation sites (tertiary alicyclic amines) is 1. The van der Waals surface area contributed by atoms with Crippen molar-refractivity contribution in [1.29, 1.82) is 0 Å². The van der Waals surface area contributed by atoms with Gasteiger partial charge in [-0.3, -0.25) is 4.79 Å². The largest absolute Gasteiger partial charge is 0.338 e. The summed E-state index contributed by atoms with van der Waals surface area (Å²) in [5.74, 6) is 0.352. The van der Waals surface area contributed by atoms with Gasteiger partial charge in [0, 0.05) is 37.6 Å². The molecule has 0 bridgehead atoms. The van der Waals surface area contributed by atoms with Gasteiger partial charge in [-0.15, -0.1) is 0 Å². The summed E-state index contributed by atoms with van der Waals surface area (Å²) in [5.41, 5.74) is 6.07. The molecule has 0 radical (unpaired) electrons. The summed E-state index contributed by atoms with van der Waals surface area (Å²) in [7, 11) is -3.16. The molecule has 2 saturated heterocycles. The van der Waals surface area contributed by atoms with Gasteiger partial charge in [-0.1, -0.05) is 13.3 Å². The molecule has 0 aromatic carbocycles. The minimum Gasteiger partial charge on any atom is -0.338 e. The van der Waals surface area contributed by atoms with Crippen LogP contribution in [-0.2, 0) is 14.8 Å². The Morgan fingerprint density at radius 1 is 1.17 bits per heavy atom. The van der Waals surface area contributed by atoms with Crippen LogP contribution in [0.1, 0.15) is 58.8 Å². The predicted octanol–water partition coefficient (Wildman–Crippen LogP) is 1.56. The first-order valence-electron chi connectivity index (χ1n) is 9.40. The summed E-state index contributed by atoms with van der Waals surface area (Å²) in [6, 6.07) is 0.126. The van der Waals surface area contributed by atoms with Crippen molar-refractivity contribution >= 4 is 15.9 Å². The third kappa shape index (κ3) is 4.70. The lowest BCUT2D eigenvalue weighted by atomic mass is 9.91. The van der Waals surface area contributed by atoms with E-state index in [4.69, 9.17) is 5.73 Å². The zero-order valence-corrected chi connectivity index (χ0v) is 15.9. The minimum atomic E-state index is -3.16. The highest BCUT2D eigenvalue weighted by Gasteiger charge is 2.36. The molecular formula is C17H33N3O3S. The van der Waals surface area contributed by atoms with Crippen LogP contribution in [0.2, 0.25) is 0 Å². The molecular weight excluding hydrogens is 326 g/mol. The molecule has 1 amide bonds. The van der Waals surface area contributed by atoms with E-state index in [0.717, 1.165) is 32.2 Å². The summed E-state index contributed by atoms with van der Waals surface area (Å²) < 4.78 is 26.1. The molecule has 2 atom stereocenters. The number of sulfonamides is 1. The topological polar surface area (TPSA) is 83.7 Å². The molecule has 2 fully saturated rings. The van der Waals surface area contributed by atoms with E-state index in [-0.39, 0.29) is 29.7 Å². The summed E-state index contributed by atoms with van der Waals surface area (Å²) >= 11 is 0. The van der Waals surface area contributed by atoms with Gasteiger partial charge in [0.2, 0.25) is 15.9 Å². The third-order valence-electron chi connectivity index (χ3n) is 5.39. The molecule has 0 aromatic heterocycles. The molecule has 0 aliphatic carbocycles. The standard InChI is InChI=1S/C17H33N3O3S/c1-3-4-13-24(22,23)19-11-8-15(9-12-19)17(21)20-10-6-5-7-16(20)14(2)18/h14-16H,3-13,18H2,1-2H3. The van der Waals surface area contributed by atoms with E-state index in [1.807, 2.05) is 18.7 Å². The summed E-state index contributed by atoms with van der Waals surface area (Å²) in [4.78, 5) is 14.9. The maximum Gasteiger partial charge on any atom is 0.226 e. The van der Waals surface area contributed by atoms with Crippen LogP contribution >= 0.6 is 0 Å². The Balaban J connectivity index is 1.92. The van der Waals surface area contributed by atoms with Crippen molar-refractivity contribution in [3.05, 3.63) is 0 Å². The van der Waals surface area contributed by atoms with Crippen molar-refractivity contribution in [2.24, 2.45) is 11.7 Å². The SMILES string of the molecule is CCCCS(=O)(=O)N1CCC(C(=O)N2CCCCC2C(C)N)CC1. The van der Waals surface area contributed by atoms with Gasteiger partial charge in [-0.05, 0) is 45.4 Å². The van der Waals surface area contributed by atoms with Crippen LogP contribution in [0, 0.1) is 5.92 Å². The molecule has 2 rings (SSSR count). The fourth-order valence-corrected chi connectivity index (χ4v) is 5.53. The second-order valence-corrected chi connectivity index (χ2v) is 9.39. The normalized spacial score (nSPS) is 25.6. The number of piperidine rings is 2. The zero-order chi connectivity index (χ0) is 17.7. The van der Waals surface area contributed by atoms with Crippen LogP contribution in [0.5, 0.6) is 0 Å². The van der Waals surface area contributed by atoms with E-state index < -0.39 is 10.0 Å². The lowest BCUT2D eigenvalue weighted by Gasteiger charge is -2.41. The molecule has 6 nitrogen and oxygen atoms in total. The second-order valence-electron chi connectivity index (χ2n) is 7.30. The average Bonchev–Trinajstić information content (AvgIpc) is 2.59. The number of unbranched alkanes of at least 4 members (excludes halogenated alkanes) is 1. The summed E-state index contributed by atoms with van der Waals surface area (Å²) in [5, 5.41) is 0. The number of nitrogens with zero attached hydrogens (tertiary/aromatic N) is 2. The first-order chi connectivity index (χ1) is 11.4. The number of carbonyl (C=O) groups excluding carboxylic acids is 1. The van der Waals surface area contributed by atoms with E-state index in [1.54, 1.807) is 4.31 Å². The number of rotatable bonds is 6. The Morgan fingerprint density at radius 3 is 2.42 bits per heavy atom. The number of hydrogen-bond donors (Lipinski definition) is 1. The zero-order valence-electron chi connectivity index (χ0n) is 15.1. The van der Waals surface area contributed by atoms with Crippen LogP contribution in [0.4, 0.5) is 0 Å². The van der Waals surface area contributed by atoms with Crippen molar-refractivity contribution in [3.63, 3.8) is 0 Å². The van der Waals surface area contributed by atoms with E-state index in [1.165, 1.54) is 0 Å². The van der Waals surface area contributed by atoms with Crippen molar-refractivity contribution in [2.75, 3.05) is 25.4 Å². The van der Waals surface area contributed by atoms with Gasteiger partial charge < -0.3 is 10.6 Å². The Morgan fingerprint density at radius 2 is 1.83 bits per heavy atom. The van der Waals surface area contributed by atoms with Crippen LogP contribution in [0.3, 0.4) is 0 Å². The molecule has 0 saturated carbocycles. The quantitative estimate of drug-likeness (QED) is 0.780. The fraction of sp³-hybridized carbons (Fsp3) is 0.941. The first kappa shape index (κ1) is 19.7. The number of amides is 1. The lowest BCUT2D eigenvalue weighted by molar-refractivity contribution is -0.141. The van der Waals surface area contributed by atoms with Gasteiger partial charge in [-0.25, -0.2) is 12.7 Å². The van der Waals surface area contributed by atoms with Gasteiger partial charge in [0.1, 0.15) is 0 Å². The molecule has 2 aliphatic rings. The van der Waals surface area contributed by atoms with E-state index >= 15 is 0 Å². The number of carbonyl (C=O) groups is 1. The van der Waals surface area contributed by atoms with Crippen LogP contribution in [0.15, 0.2) is 0 Å². The Kier molecular flexibility index (Phi) is 7.07. The monoisotopic (exact) mass is 359 g/mol. The number of hydrogen-bond acceptors (Lipinski definition) is 4. The van der Waals surface area contributed by atoms with Crippen LogP contribution < -0.4 is 5.73 Å². The van der Waals surface area contributed by atoms with Crippen LogP contribution in [-0.4, -0.2) is 61.0 Å². The highest BCUT2D eigenvalue weighted by Crippen LogP contribution is 2.27. The van der Waals surface area contributed by atoms with Crippen molar-refractivity contribution in [3.8, 4) is 0 Å². The van der Waals surface area contributed by atoms with Gasteiger partial charge in [0.25, 0.3) is 0 Å². The highest BCUT2D eigenvalue weighted by molar-refractivity contribution is 7.89. The molecule has 0 aromatic rings. The third-order valence-corrected chi connectivity index (χ3v) is 7.35. The maximum absolute atomic E-state index is 12.9. The fourth-order valence-electron chi connectivity index (χ4n) is 3.85. The van der Waals surface area contributed by atoms with Gasteiger partial charge in [0.05, 0.1) is 5.75 Å². The molecule has 7 heteroatoms. The Hall–Kier alpha value is -0.660. The van der Waals surface area contributed by atoms with Gasteiger partial charge in [-0.2, -0.15) is 0 Å². The molecule has 140 valence electrons. The lowest BCUT2D eigenvalue weighted by Crippen LogP contribution is -2.54. The van der Waals surface area contributed by atoms with E-state index in [9.17, 15) is 13.2 Å². The van der Waals surface area contributed by atoms with Gasteiger partial charge >= 0.3 is 0 Å². The molecule has 2 unspecified atom stereocenters. The molecule has 2 N–H and O–H groups in total. The Bertz CT molecular complexity index is 513. The van der Waals surface area contributed by atoms with Crippen molar-refractivity contribution < 1.29 is 13.2 Å². The van der Waals surface area contributed by atoms with E-state index in [2.05, 4.69) is 0 Å². The number of nitrogens with two attached hydrogens (primary N) is 1. The van der Waals surface area contributed by atoms with Crippen molar-refractivity contribution in [1.82, 2.24) is 9.21 Å². The van der Waals surface area contributed by atoms with Crippen LogP contribution in [0.25, 0.3) is 0 Å². The van der Waals surface area contributed by atoms with E-state index in [0.29, 0.717) is 32.4 Å². The summed E-state index contributed by atoms with van der Waals surface area (Å²) in [6.45, 7) is 5.70. The predicted molar refractivity (Wildman–Crippen MR) is 96.0 cm³/mol. The second kappa shape index (κ2) is 8.63. The molecule has 0 spiro atoms. The summed E-state index contributed by atoms with van der Waals surface area (Å²) in [6.07, 6.45) is 5.99. The molecule has 24 heavy (non-hydrogen) atoms. The minimum absolute atomic E-state index is 0.0104. The van der Waals surface area contributed by atoms with Crippen molar-refractivity contribution in [2.45, 2.75) is 70.9 Å². The molecule has 2 aliphatic heterocycles. The van der Waals surface area contributed by atoms with Gasteiger partial charge in [0.15, 0.2) is 0 Å².